The smallest absolute Gasteiger partial charge is 0.254 e. The van der Waals surface area contributed by atoms with Crippen molar-refractivity contribution in [3.63, 3.8) is 0 Å². The second-order valence-corrected chi connectivity index (χ2v) is 7.26. The summed E-state index contributed by atoms with van der Waals surface area (Å²) in [5, 5.41) is 3.73. The molecule has 0 saturated carbocycles. The first-order chi connectivity index (χ1) is 15.5. The summed E-state index contributed by atoms with van der Waals surface area (Å²) in [5.41, 5.74) is 2.31. The number of para-hydroxylation sites is 2. The fourth-order valence-corrected chi connectivity index (χ4v) is 3.92. The number of ether oxygens (including phenoxy) is 2. The lowest BCUT2D eigenvalue weighted by atomic mass is 9.89. The van der Waals surface area contributed by atoms with E-state index < -0.39 is 17.5 Å². The van der Waals surface area contributed by atoms with Crippen LogP contribution in [0.5, 0.6) is 11.5 Å². The van der Waals surface area contributed by atoms with Crippen molar-refractivity contribution in [1.82, 2.24) is 10.3 Å². The number of aromatic amines is 1. The summed E-state index contributed by atoms with van der Waals surface area (Å²) >= 11 is 0. The molecule has 0 bridgehead atoms. The van der Waals surface area contributed by atoms with Crippen LogP contribution in [0.15, 0.2) is 66.9 Å². The van der Waals surface area contributed by atoms with Crippen LogP contribution in [-0.4, -0.2) is 31.7 Å². The van der Waals surface area contributed by atoms with Crippen molar-refractivity contribution in [1.29, 1.82) is 0 Å². The van der Waals surface area contributed by atoms with Gasteiger partial charge in [0.25, 0.3) is 5.91 Å². The van der Waals surface area contributed by atoms with Gasteiger partial charge < -0.3 is 19.8 Å². The van der Waals surface area contributed by atoms with Gasteiger partial charge in [0.05, 0.1) is 19.8 Å². The zero-order valence-electron chi connectivity index (χ0n) is 17.6. The molecule has 1 atom stereocenters. The number of halogens is 2. The number of hydrogen-bond donors (Lipinski definition) is 2. The summed E-state index contributed by atoms with van der Waals surface area (Å²) in [6.07, 6.45) is 1.88. The minimum Gasteiger partial charge on any atom is -0.493 e. The van der Waals surface area contributed by atoms with Crippen LogP contribution in [0.25, 0.3) is 10.9 Å². The van der Waals surface area contributed by atoms with E-state index in [0.29, 0.717) is 11.5 Å². The first-order valence-corrected chi connectivity index (χ1v) is 10.0. The van der Waals surface area contributed by atoms with Gasteiger partial charge in [-0.1, -0.05) is 30.3 Å². The zero-order chi connectivity index (χ0) is 22.7. The standard InChI is InChI=1S/C25H22F2N2O3/c1-31-23-9-5-7-17(24(23)32-2)20(19-13-28-22-8-4-3-6-16(19)22)14-29-25(30)18-12-15(26)10-11-21(18)27/h3-13,20,28H,14H2,1-2H3,(H,29,30). The Kier molecular flexibility index (Phi) is 6.07. The van der Waals surface area contributed by atoms with E-state index in [2.05, 4.69) is 10.3 Å². The van der Waals surface area contributed by atoms with Crippen molar-refractivity contribution < 1.29 is 23.0 Å². The number of carbonyl (C=O) groups is 1. The highest BCUT2D eigenvalue weighted by molar-refractivity contribution is 5.94. The minimum atomic E-state index is -0.786. The summed E-state index contributed by atoms with van der Waals surface area (Å²) in [7, 11) is 3.10. The highest BCUT2D eigenvalue weighted by Crippen LogP contribution is 2.40. The number of hydrogen-bond acceptors (Lipinski definition) is 3. The molecule has 32 heavy (non-hydrogen) atoms. The number of nitrogens with one attached hydrogen (secondary N) is 2. The predicted molar refractivity (Wildman–Crippen MR) is 118 cm³/mol. The normalized spacial score (nSPS) is 11.9. The fraction of sp³-hybridized carbons (Fsp3) is 0.160. The van der Waals surface area contributed by atoms with Crippen LogP contribution in [0.4, 0.5) is 8.78 Å². The Balaban J connectivity index is 1.75. The molecule has 5 nitrogen and oxygen atoms in total. The Hall–Kier alpha value is -3.87. The Morgan fingerprint density at radius 3 is 2.59 bits per heavy atom. The molecule has 1 aromatic heterocycles. The SMILES string of the molecule is COc1cccc(C(CNC(=O)c2cc(F)ccc2F)c2c[nH]c3ccccc23)c1OC. The number of benzene rings is 3. The molecule has 0 spiro atoms. The van der Waals surface area contributed by atoms with Crippen molar-refractivity contribution in [2.75, 3.05) is 20.8 Å². The van der Waals surface area contributed by atoms with Crippen LogP contribution in [0, 0.1) is 11.6 Å². The molecule has 4 aromatic rings. The third-order valence-corrected chi connectivity index (χ3v) is 5.45. The zero-order valence-corrected chi connectivity index (χ0v) is 17.6. The van der Waals surface area contributed by atoms with Gasteiger partial charge >= 0.3 is 0 Å². The molecule has 1 unspecified atom stereocenters. The maximum Gasteiger partial charge on any atom is 0.254 e. The monoisotopic (exact) mass is 436 g/mol. The van der Waals surface area contributed by atoms with E-state index in [4.69, 9.17) is 9.47 Å². The number of amides is 1. The average Bonchev–Trinajstić information content (AvgIpc) is 3.24. The third kappa shape index (κ3) is 4.01. The van der Waals surface area contributed by atoms with Gasteiger partial charge in [0.2, 0.25) is 0 Å². The number of H-pyrrole nitrogens is 1. The quantitative estimate of drug-likeness (QED) is 0.427. The average molecular weight is 436 g/mol. The van der Waals surface area contributed by atoms with Crippen molar-refractivity contribution >= 4 is 16.8 Å². The molecule has 7 heteroatoms. The van der Waals surface area contributed by atoms with E-state index in [1.165, 1.54) is 0 Å². The molecule has 4 rings (SSSR count). The van der Waals surface area contributed by atoms with Crippen LogP contribution in [0.2, 0.25) is 0 Å². The number of aromatic nitrogens is 1. The van der Waals surface area contributed by atoms with Crippen molar-refractivity contribution in [2.24, 2.45) is 0 Å². The van der Waals surface area contributed by atoms with Crippen LogP contribution in [0.1, 0.15) is 27.4 Å². The Bertz CT molecular complexity index is 1270. The molecule has 164 valence electrons. The summed E-state index contributed by atoms with van der Waals surface area (Å²) in [6, 6.07) is 16.1. The van der Waals surface area contributed by atoms with Crippen LogP contribution in [-0.2, 0) is 0 Å². The Morgan fingerprint density at radius 2 is 1.81 bits per heavy atom. The highest BCUT2D eigenvalue weighted by Gasteiger charge is 2.25. The van der Waals surface area contributed by atoms with E-state index in [0.717, 1.165) is 40.2 Å². The van der Waals surface area contributed by atoms with Gasteiger partial charge in [-0.3, -0.25) is 4.79 Å². The molecule has 0 fully saturated rings. The maximum absolute atomic E-state index is 14.1. The van der Waals surface area contributed by atoms with Crippen LogP contribution < -0.4 is 14.8 Å². The molecule has 3 aromatic carbocycles. The molecule has 0 aliphatic carbocycles. The van der Waals surface area contributed by atoms with Gasteiger partial charge in [0.1, 0.15) is 11.6 Å². The third-order valence-electron chi connectivity index (χ3n) is 5.45. The number of carbonyl (C=O) groups excluding carboxylic acids is 1. The molecule has 0 saturated heterocycles. The summed E-state index contributed by atoms with van der Waals surface area (Å²) in [5.74, 6) is -1.43. The first-order valence-electron chi connectivity index (χ1n) is 10.0. The predicted octanol–water partition coefficient (Wildman–Crippen LogP) is 5.03. The van der Waals surface area contributed by atoms with Crippen LogP contribution in [0.3, 0.4) is 0 Å². The fourth-order valence-electron chi connectivity index (χ4n) is 3.92. The summed E-state index contributed by atoms with van der Waals surface area (Å²) < 4.78 is 38.7. The number of fused-ring (bicyclic) bond motifs is 1. The topological polar surface area (TPSA) is 63.3 Å². The van der Waals surface area contributed by atoms with Crippen LogP contribution >= 0.6 is 0 Å². The lowest BCUT2D eigenvalue weighted by Gasteiger charge is -2.22. The van der Waals surface area contributed by atoms with Gasteiger partial charge in [0, 0.05) is 35.1 Å². The Morgan fingerprint density at radius 1 is 1.00 bits per heavy atom. The van der Waals surface area contributed by atoms with E-state index in [1.54, 1.807) is 20.3 Å². The van der Waals surface area contributed by atoms with Crippen molar-refractivity contribution in [2.45, 2.75) is 5.92 Å². The molecule has 0 aliphatic heterocycles. The second kappa shape index (κ2) is 9.09. The van der Waals surface area contributed by atoms with Gasteiger partial charge in [-0.15, -0.1) is 0 Å². The maximum atomic E-state index is 14.1. The van der Waals surface area contributed by atoms with Gasteiger partial charge in [0.15, 0.2) is 11.5 Å². The van der Waals surface area contributed by atoms with Crippen molar-refractivity contribution in [3.8, 4) is 11.5 Å². The number of methoxy groups -OCH3 is 2. The molecule has 0 aliphatic rings. The van der Waals surface area contributed by atoms with Crippen molar-refractivity contribution in [3.05, 3.63) is 95.2 Å². The molecule has 2 N–H and O–H groups in total. The minimum absolute atomic E-state index is 0.125. The summed E-state index contributed by atoms with van der Waals surface area (Å²) in [6.45, 7) is 0.125. The van der Waals surface area contributed by atoms with E-state index >= 15 is 0 Å². The van der Waals surface area contributed by atoms with E-state index in [-0.39, 0.29) is 18.0 Å². The first kappa shape index (κ1) is 21.4. The van der Waals surface area contributed by atoms with E-state index in [1.807, 2.05) is 42.6 Å². The highest BCUT2D eigenvalue weighted by atomic mass is 19.1. The lowest BCUT2D eigenvalue weighted by molar-refractivity contribution is 0.0948. The van der Waals surface area contributed by atoms with E-state index in [9.17, 15) is 13.6 Å². The lowest BCUT2D eigenvalue weighted by Crippen LogP contribution is -2.30. The second-order valence-electron chi connectivity index (χ2n) is 7.26. The van der Waals surface area contributed by atoms with Gasteiger partial charge in [-0.2, -0.15) is 0 Å². The van der Waals surface area contributed by atoms with Gasteiger partial charge in [-0.05, 0) is 35.9 Å². The van der Waals surface area contributed by atoms with Gasteiger partial charge in [-0.25, -0.2) is 8.78 Å². The number of rotatable bonds is 7. The largest absolute Gasteiger partial charge is 0.493 e. The Labute approximate surface area is 184 Å². The molecule has 1 amide bonds. The summed E-state index contributed by atoms with van der Waals surface area (Å²) in [4.78, 5) is 15.9. The molecule has 0 radical (unpaired) electrons. The molecule has 1 heterocycles. The molecular weight excluding hydrogens is 414 g/mol. The molecular formula is C25H22F2N2O3.